The van der Waals surface area contributed by atoms with Crippen LogP contribution in [-0.2, 0) is 30.8 Å². The van der Waals surface area contributed by atoms with E-state index < -0.39 is 30.8 Å². The first-order valence-corrected chi connectivity index (χ1v) is 12.7. The van der Waals surface area contributed by atoms with Gasteiger partial charge in [0, 0.05) is 18.4 Å². The number of benzene rings is 1. The van der Waals surface area contributed by atoms with Crippen LogP contribution in [0.25, 0.3) is 0 Å². The van der Waals surface area contributed by atoms with Gasteiger partial charge in [0.25, 0.3) is 10.0 Å². The van der Waals surface area contributed by atoms with Gasteiger partial charge < -0.3 is 0 Å². The predicted octanol–water partition coefficient (Wildman–Crippen LogP) is 0.817. The third-order valence-corrected chi connectivity index (χ3v) is 4.63. The van der Waals surface area contributed by atoms with E-state index in [-0.39, 0.29) is 21.8 Å². The second-order valence-corrected chi connectivity index (χ2v) is 9.45. The van der Waals surface area contributed by atoms with Crippen LogP contribution >= 0.6 is 11.6 Å². The lowest BCUT2D eigenvalue weighted by atomic mass is 10.4. The van der Waals surface area contributed by atoms with E-state index in [1.54, 1.807) is 12.1 Å². The number of aromatic nitrogens is 2. The summed E-state index contributed by atoms with van der Waals surface area (Å²) in [5, 5.41) is 2.87. The van der Waals surface area contributed by atoms with Gasteiger partial charge in [-0.1, -0.05) is 23.7 Å². The Bertz CT molecular complexity index is 1230. The summed E-state index contributed by atoms with van der Waals surface area (Å²) in [4.78, 5) is 12.2. The summed E-state index contributed by atoms with van der Waals surface area (Å²) < 4.78 is 90.3. The third kappa shape index (κ3) is 15.9. The molecule has 1 aromatic carbocycles. The monoisotopic (exact) mass is 549 g/mol. The highest BCUT2D eigenvalue weighted by atomic mass is 35.5. The van der Waals surface area contributed by atoms with Crippen molar-refractivity contribution in [1.82, 2.24) is 14.7 Å². The van der Waals surface area contributed by atoms with Gasteiger partial charge in [0.2, 0.25) is 11.9 Å². The maximum absolute atomic E-state index is 12.4. The minimum atomic E-state index is -4.67. The summed E-state index contributed by atoms with van der Waals surface area (Å²) in [6.07, 6.45) is 0. The molecule has 2 aromatic rings. The molecule has 15 nitrogen and oxygen atoms in total. The van der Waals surface area contributed by atoms with E-state index >= 15 is 0 Å². The topological polar surface area (TPSA) is 246 Å². The maximum Gasteiger partial charge on any atom is 0.394 e. The number of hydrogen-bond acceptors (Lipinski definition) is 9. The number of halogens is 1. The average Bonchev–Trinajstić information content (AvgIpc) is 2.57. The molecule has 2 rings (SSSR count). The highest BCUT2D eigenvalue weighted by Gasteiger charge is 2.19. The van der Waals surface area contributed by atoms with Crippen LogP contribution in [0, 0.1) is 13.8 Å². The minimum Gasteiger partial charge on any atom is -0.294 e. The van der Waals surface area contributed by atoms with Crippen molar-refractivity contribution in [3.8, 4) is 0 Å². The van der Waals surface area contributed by atoms with Crippen molar-refractivity contribution in [1.29, 1.82) is 0 Å². The first-order valence-electron chi connectivity index (χ1n) is 8.05. The van der Waals surface area contributed by atoms with E-state index in [0.29, 0.717) is 0 Å². The van der Waals surface area contributed by atoms with Crippen molar-refractivity contribution in [2.75, 3.05) is 12.4 Å². The zero-order chi connectivity index (χ0) is 26.0. The van der Waals surface area contributed by atoms with Crippen LogP contribution in [0.15, 0.2) is 40.2 Å². The van der Waals surface area contributed by atoms with Gasteiger partial charge in [-0.2, -0.15) is 16.8 Å². The second kappa shape index (κ2) is 12.7. The fourth-order valence-corrected chi connectivity index (χ4v) is 3.39. The predicted molar refractivity (Wildman–Crippen MR) is 119 cm³/mol. The molecular formula is C14H20ClN5O10S3. The fraction of sp³-hybridized carbons (Fsp3) is 0.214. The zero-order valence-electron chi connectivity index (χ0n) is 17.1. The van der Waals surface area contributed by atoms with Crippen LogP contribution in [0.2, 0.25) is 5.02 Å². The Labute approximate surface area is 195 Å². The van der Waals surface area contributed by atoms with Crippen molar-refractivity contribution in [3.05, 3.63) is 46.7 Å². The van der Waals surface area contributed by atoms with Gasteiger partial charge in [0.15, 0.2) is 0 Å². The largest absolute Gasteiger partial charge is 0.394 e. The van der Waals surface area contributed by atoms with Crippen LogP contribution in [-0.4, -0.2) is 66.4 Å². The Balaban J connectivity index is 0.000000859. The number of anilines is 1. The fourth-order valence-electron chi connectivity index (χ4n) is 1.86. The smallest absolute Gasteiger partial charge is 0.294 e. The first kappa shape index (κ1) is 30.6. The van der Waals surface area contributed by atoms with E-state index in [1.165, 1.54) is 19.2 Å². The lowest BCUT2D eigenvalue weighted by molar-refractivity contribution is 0.378. The summed E-state index contributed by atoms with van der Waals surface area (Å²) in [6, 6.07) is 7.95. The average molecular weight is 550 g/mol. The molecule has 0 unspecified atom stereocenters. The van der Waals surface area contributed by atoms with E-state index in [9.17, 15) is 8.42 Å². The van der Waals surface area contributed by atoms with Crippen molar-refractivity contribution < 1.29 is 43.5 Å². The molecule has 0 saturated carbocycles. The van der Waals surface area contributed by atoms with Gasteiger partial charge >= 0.3 is 20.8 Å². The Kier molecular flexibility index (Phi) is 11.8. The summed E-state index contributed by atoms with van der Waals surface area (Å²) in [5.41, 5.74) is 1.51. The van der Waals surface area contributed by atoms with Gasteiger partial charge in [-0.05, 0) is 32.0 Å². The summed E-state index contributed by atoms with van der Waals surface area (Å²) in [7, 11) is -11.8. The molecule has 0 radical (unpaired) electrons. The van der Waals surface area contributed by atoms with Crippen LogP contribution in [0.5, 0.6) is 0 Å². The SMILES string of the molecule is CN=C(Nc1nc(C)cc(C)n1)NS(=O)(=O)c1ccccc1Cl.O=S(=O)(O)O.O=S(=O)(O)O. The molecule has 1 heterocycles. The number of sulfonamides is 1. The lowest BCUT2D eigenvalue weighted by Gasteiger charge is -2.12. The van der Waals surface area contributed by atoms with Gasteiger partial charge in [-0.3, -0.25) is 28.5 Å². The highest BCUT2D eigenvalue weighted by Crippen LogP contribution is 2.20. The lowest BCUT2D eigenvalue weighted by Crippen LogP contribution is -2.36. The summed E-state index contributed by atoms with van der Waals surface area (Å²) in [5.74, 6) is 0.250. The molecule has 0 amide bonds. The Morgan fingerprint density at radius 3 is 1.73 bits per heavy atom. The van der Waals surface area contributed by atoms with E-state index in [2.05, 4.69) is 25.0 Å². The molecule has 0 atom stereocenters. The summed E-state index contributed by atoms with van der Waals surface area (Å²) >= 11 is 5.93. The van der Waals surface area contributed by atoms with Crippen LogP contribution in [0.1, 0.15) is 11.4 Å². The van der Waals surface area contributed by atoms with Crippen molar-refractivity contribution >= 4 is 54.3 Å². The molecule has 0 saturated heterocycles. The van der Waals surface area contributed by atoms with Crippen LogP contribution in [0.3, 0.4) is 0 Å². The zero-order valence-corrected chi connectivity index (χ0v) is 20.3. The van der Waals surface area contributed by atoms with Gasteiger partial charge in [-0.25, -0.2) is 23.1 Å². The van der Waals surface area contributed by atoms with Crippen molar-refractivity contribution in [2.24, 2.45) is 4.99 Å². The molecule has 0 aliphatic heterocycles. The van der Waals surface area contributed by atoms with Crippen LogP contribution < -0.4 is 10.0 Å². The minimum absolute atomic E-state index is 0.00470. The van der Waals surface area contributed by atoms with Crippen LogP contribution in [0.4, 0.5) is 5.95 Å². The molecule has 19 heteroatoms. The quantitative estimate of drug-likeness (QED) is 0.176. The van der Waals surface area contributed by atoms with Crippen molar-refractivity contribution in [3.63, 3.8) is 0 Å². The highest BCUT2D eigenvalue weighted by molar-refractivity contribution is 7.90. The Hall–Kier alpha value is -2.45. The molecule has 0 aliphatic rings. The third-order valence-electron chi connectivity index (χ3n) is 2.79. The second-order valence-electron chi connectivity index (χ2n) is 5.60. The first-order chi connectivity index (χ1) is 14.8. The van der Waals surface area contributed by atoms with Gasteiger partial charge in [0.05, 0.1) is 5.02 Å². The molecule has 6 N–H and O–H groups in total. The molecule has 0 spiro atoms. The van der Waals surface area contributed by atoms with Gasteiger partial charge in [-0.15, -0.1) is 0 Å². The number of nitrogens with zero attached hydrogens (tertiary/aromatic N) is 3. The maximum atomic E-state index is 12.4. The van der Waals surface area contributed by atoms with Gasteiger partial charge in [0.1, 0.15) is 4.90 Å². The summed E-state index contributed by atoms with van der Waals surface area (Å²) in [6.45, 7) is 3.63. The van der Waals surface area contributed by atoms with Crippen molar-refractivity contribution in [2.45, 2.75) is 18.7 Å². The Morgan fingerprint density at radius 2 is 1.33 bits per heavy atom. The normalized spacial score (nSPS) is 11.9. The van der Waals surface area contributed by atoms with E-state index in [1.807, 2.05) is 19.9 Å². The number of aliphatic imine (C=N–C) groups is 1. The molecule has 1 aromatic heterocycles. The molecule has 33 heavy (non-hydrogen) atoms. The number of rotatable bonds is 3. The Morgan fingerprint density at radius 1 is 0.909 bits per heavy atom. The van der Waals surface area contributed by atoms with E-state index in [0.717, 1.165) is 11.4 Å². The number of nitrogens with one attached hydrogen (secondary N) is 2. The number of guanidine groups is 1. The number of aryl methyl sites for hydroxylation is 2. The molecule has 0 bridgehead atoms. The molecule has 186 valence electrons. The number of hydrogen-bond donors (Lipinski definition) is 6. The standard InChI is InChI=1S/C14H16ClN5O2S.2H2O4S/c1-9-8-10(2)18-14(17-9)19-13(16-3)20-23(21,22)12-7-5-4-6-11(12)15;2*1-5(2,3)4/h4-8H,1-3H3,(H2,16,17,18,19,20);2*(H2,1,2,3,4). The molecule has 0 fully saturated rings. The molecular weight excluding hydrogens is 530 g/mol. The van der Waals surface area contributed by atoms with E-state index in [4.69, 9.17) is 46.6 Å². The molecule has 0 aliphatic carbocycles.